The summed E-state index contributed by atoms with van der Waals surface area (Å²) in [5.41, 5.74) is 0.994. The largest absolute Gasteiger partial charge is 0.457 e. The lowest BCUT2D eigenvalue weighted by molar-refractivity contribution is 0.177. The Morgan fingerprint density at radius 3 is 2.70 bits per heavy atom. The molecule has 2 aromatic rings. The van der Waals surface area contributed by atoms with Crippen LogP contribution in [0.3, 0.4) is 0 Å². The highest BCUT2D eigenvalue weighted by Gasteiger charge is 2.30. The standard InChI is InChI=1S/C16H14ClFO4S/c1-23(20,21)15-5-4-14(12-2-3-13(19)16(12)15)22-11-7-9(17)6-10(18)8-11/h4-8,13,19H,2-3H2,1H3. The zero-order valence-corrected chi connectivity index (χ0v) is 13.8. The first kappa shape index (κ1) is 16.2. The van der Waals surface area contributed by atoms with E-state index >= 15 is 0 Å². The highest BCUT2D eigenvalue weighted by Crippen LogP contribution is 2.42. The molecule has 23 heavy (non-hydrogen) atoms. The number of ether oxygens (including phenoxy) is 1. The van der Waals surface area contributed by atoms with E-state index in [9.17, 15) is 17.9 Å². The van der Waals surface area contributed by atoms with E-state index in [2.05, 4.69) is 0 Å². The van der Waals surface area contributed by atoms with Gasteiger partial charge in [0.15, 0.2) is 9.84 Å². The van der Waals surface area contributed by atoms with Crippen LogP contribution in [0.15, 0.2) is 35.2 Å². The fourth-order valence-corrected chi connectivity index (χ4v) is 3.99. The second kappa shape index (κ2) is 5.78. The molecule has 0 amide bonds. The second-order valence-corrected chi connectivity index (χ2v) is 7.91. The zero-order valence-electron chi connectivity index (χ0n) is 12.2. The van der Waals surface area contributed by atoms with E-state index in [1.165, 1.54) is 24.3 Å². The number of benzene rings is 2. The average molecular weight is 357 g/mol. The highest BCUT2D eigenvalue weighted by molar-refractivity contribution is 7.90. The number of rotatable bonds is 3. The number of hydrogen-bond acceptors (Lipinski definition) is 4. The molecular weight excluding hydrogens is 343 g/mol. The smallest absolute Gasteiger partial charge is 0.175 e. The molecule has 2 aromatic carbocycles. The van der Waals surface area contributed by atoms with Gasteiger partial charge in [-0.2, -0.15) is 0 Å². The van der Waals surface area contributed by atoms with E-state index in [1.807, 2.05) is 0 Å². The normalized spacial score (nSPS) is 17.1. The molecule has 3 rings (SSSR count). The first-order valence-corrected chi connectivity index (χ1v) is 9.20. The monoisotopic (exact) mass is 356 g/mol. The third-order valence-corrected chi connectivity index (χ3v) is 5.11. The van der Waals surface area contributed by atoms with Crippen molar-refractivity contribution in [3.63, 3.8) is 0 Å². The van der Waals surface area contributed by atoms with Gasteiger partial charge in [-0.3, -0.25) is 0 Å². The van der Waals surface area contributed by atoms with Gasteiger partial charge in [0.1, 0.15) is 17.3 Å². The summed E-state index contributed by atoms with van der Waals surface area (Å²) in [6, 6.07) is 6.74. The van der Waals surface area contributed by atoms with E-state index in [1.54, 1.807) is 0 Å². The van der Waals surface area contributed by atoms with Gasteiger partial charge in [-0.1, -0.05) is 11.6 Å². The molecule has 4 nitrogen and oxygen atoms in total. The maximum Gasteiger partial charge on any atom is 0.175 e. The van der Waals surface area contributed by atoms with Crippen molar-refractivity contribution in [3.05, 3.63) is 52.3 Å². The lowest BCUT2D eigenvalue weighted by Crippen LogP contribution is -2.05. The molecule has 1 atom stereocenters. The van der Waals surface area contributed by atoms with Gasteiger partial charge in [0, 0.05) is 28.5 Å². The van der Waals surface area contributed by atoms with Crippen molar-refractivity contribution in [2.45, 2.75) is 23.8 Å². The molecule has 0 heterocycles. The summed E-state index contributed by atoms with van der Waals surface area (Å²) in [5, 5.41) is 10.3. The van der Waals surface area contributed by atoms with Crippen molar-refractivity contribution in [2.75, 3.05) is 6.26 Å². The van der Waals surface area contributed by atoms with Crippen molar-refractivity contribution in [3.8, 4) is 11.5 Å². The number of aliphatic hydroxyl groups excluding tert-OH is 1. The summed E-state index contributed by atoms with van der Waals surface area (Å²) in [5.74, 6) is 0.0771. The third kappa shape index (κ3) is 3.20. The Morgan fingerprint density at radius 2 is 2.04 bits per heavy atom. The van der Waals surface area contributed by atoms with Gasteiger partial charge in [0.2, 0.25) is 0 Å². The van der Waals surface area contributed by atoms with E-state index in [0.717, 1.165) is 12.3 Å². The Morgan fingerprint density at radius 1 is 1.30 bits per heavy atom. The number of hydrogen-bond donors (Lipinski definition) is 1. The topological polar surface area (TPSA) is 63.6 Å². The number of aliphatic hydroxyl groups is 1. The summed E-state index contributed by atoms with van der Waals surface area (Å²) in [6.07, 6.45) is 1.15. The van der Waals surface area contributed by atoms with Crippen LogP contribution in [0.25, 0.3) is 0 Å². The van der Waals surface area contributed by atoms with Crippen LogP contribution in [0, 0.1) is 5.82 Å². The van der Waals surface area contributed by atoms with Gasteiger partial charge in [-0.15, -0.1) is 0 Å². The third-order valence-electron chi connectivity index (χ3n) is 3.74. The first-order chi connectivity index (χ1) is 10.8. The van der Waals surface area contributed by atoms with Crippen molar-refractivity contribution >= 4 is 21.4 Å². The Bertz CT molecular complexity index is 860. The Balaban J connectivity index is 2.08. The Labute approximate surface area is 138 Å². The number of sulfone groups is 1. The minimum absolute atomic E-state index is 0.0992. The average Bonchev–Trinajstić information content (AvgIpc) is 2.79. The van der Waals surface area contributed by atoms with E-state index in [4.69, 9.17) is 16.3 Å². The fourth-order valence-electron chi connectivity index (χ4n) is 2.81. The van der Waals surface area contributed by atoms with Crippen LogP contribution in [0.1, 0.15) is 23.7 Å². The molecule has 0 aromatic heterocycles. The maximum atomic E-state index is 13.4. The molecule has 0 saturated heterocycles. The number of halogens is 2. The van der Waals surface area contributed by atoms with Crippen LogP contribution in [0.4, 0.5) is 4.39 Å². The molecule has 0 spiro atoms. The van der Waals surface area contributed by atoms with Gasteiger partial charge in [-0.25, -0.2) is 12.8 Å². The zero-order chi connectivity index (χ0) is 16.8. The minimum atomic E-state index is -3.46. The molecule has 0 aliphatic heterocycles. The molecule has 0 saturated carbocycles. The maximum absolute atomic E-state index is 13.4. The molecule has 0 bridgehead atoms. The van der Waals surface area contributed by atoms with E-state index in [0.29, 0.717) is 29.7 Å². The predicted octanol–water partition coefficient (Wildman–Crippen LogP) is 3.65. The van der Waals surface area contributed by atoms with Crippen molar-refractivity contribution in [1.29, 1.82) is 0 Å². The molecule has 1 aliphatic carbocycles. The molecule has 122 valence electrons. The molecule has 0 fully saturated rings. The van der Waals surface area contributed by atoms with Crippen LogP contribution in [-0.4, -0.2) is 19.8 Å². The fraction of sp³-hybridized carbons (Fsp3) is 0.250. The Kier molecular flexibility index (Phi) is 4.08. The van der Waals surface area contributed by atoms with Gasteiger partial charge in [0.25, 0.3) is 0 Å². The van der Waals surface area contributed by atoms with E-state index < -0.39 is 21.8 Å². The highest BCUT2D eigenvalue weighted by atomic mass is 35.5. The predicted molar refractivity (Wildman–Crippen MR) is 84.3 cm³/mol. The van der Waals surface area contributed by atoms with Gasteiger partial charge < -0.3 is 9.84 Å². The summed E-state index contributed by atoms with van der Waals surface area (Å²) in [4.78, 5) is 0.0992. The summed E-state index contributed by atoms with van der Waals surface area (Å²) < 4.78 is 42.8. The molecule has 1 N–H and O–H groups in total. The lowest BCUT2D eigenvalue weighted by atomic mass is 10.1. The SMILES string of the molecule is CS(=O)(=O)c1ccc(Oc2cc(F)cc(Cl)c2)c2c1C(O)CC2. The van der Waals surface area contributed by atoms with E-state index in [-0.39, 0.29) is 15.7 Å². The quantitative estimate of drug-likeness (QED) is 0.911. The minimum Gasteiger partial charge on any atom is -0.457 e. The van der Waals surface area contributed by atoms with Crippen molar-refractivity contribution in [2.24, 2.45) is 0 Å². The molecule has 1 unspecified atom stereocenters. The summed E-state index contributed by atoms with van der Waals surface area (Å²) >= 11 is 5.80. The second-order valence-electron chi connectivity index (χ2n) is 5.49. The first-order valence-electron chi connectivity index (χ1n) is 6.93. The van der Waals surface area contributed by atoms with Crippen molar-refractivity contribution in [1.82, 2.24) is 0 Å². The van der Waals surface area contributed by atoms with Crippen LogP contribution >= 0.6 is 11.6 Å². The summed E-state index contributed by atoms with van der Waals surface area (Å²) in [6.45, 7) is 0. The lowest BCUT2D eigenvalue weighted by Gasteiger charge is -2.15. The number of fused-ring (bicyclic) bond motifs is 1. The van der Waals surface area contributed by atoms with Gasteiger partial charge >= 0.3 is 0 Å². The van der Waals surface area contributed by atoms with Crippen LogP contribution in [-0.2, 0) is 16.3 Å². The van der Waals surface area contributed by atoms with Crippen molar-refractivity contribution < 1.29 is 22.7 Å². The van der Waals surface area contributed by atoms with Crippen LogP contribution < -0.4 is 4.74 Å². The summed E-state index contributed by atoms with van der Waals surface area (Å²) in [7, 11) is -3.46. The molecular formula is C16H14ClFO4S. The Hall–Kier alpha value is -1.63. The van der Waals surface area contributed by atoms with Crippen LogP contribution in [0.2, 0.25) is 5.02 Å². The van der Waals surface area contributed by atoms with Gasteiger partial charge in [0.05, 0.1) is 11.0 Å². The molecule has 0 radical (unpaired) electrons. The molecule has 1 aliphatic rings. The van der Waals surface area contributed by atoms with Gasteiger partial charge in [-0.05, 0) is 37.1 Å². The molecule has 7 heteroatoms. The van der Waals surface area contributed by atoms with Crippen LogP contribution in [0.5, 0.6) is 11.5 Å².